The molecule has 21 heavy (non-hydrogen) atoms. The lowest BCUT2D eigenvalue weighted by Gasteiger charge is -2.16. The van der Waals surface area contributed by atoms with E-state index >= 15 is 0 Å². The van der Waals surface area contributed by atoms with Crippen molar-refractivity contribution >= 4 is 11.8 Å². The van der Waals surface area contributed by atoms with Gasteiger partial charge in [0.15, 0.2) is 0 Å². The molecule has 2 amide bonds. The van der Waals surface area contributed by atoms with E-state index in [1.54, 1.807) is 11.9 Å². The van der Waals surface area contributed by atoms with Gasteiger partial charge in [-0.2, -0.15) is 0 Å². The van der Waals surface area contributed by atoms with Crippen molar-refractivity contribution < 1.29 is 14.3 Å². The number of rotatable bonds is 6. The Morgan fingerprint density at radius 2 is 2.14 bits per heavy atom. The number of likely N-dealkylation sites (N-methyl/N-ethyl adjacent to an activating group) is 1. The number of carbonyl (C=O) groups is 2. The van der Waals surface area contributed by atoms with Gasteiger partial charge in [-0.15, -0.1) is 0 Å². The van der Waals surface area contributed by atoms with E-state index in [9.17, 15) is 9.59 Å². The number of hydrogen-bond acceptors (Lipinski definition) is 3. The molecule has 0 unspecified atom stereocenters. The second-order valence-electron chi connectivity index (χ2n) is 5.46. The molecule has 0 spiro atoms. The van der Waals surface area contributed by atoms with Crippen molar-refractivity contribution in [3.63, 3.8) is 0 Å². The Bertz CT molecular complexity index is 490. The van der Waals surface area contributed by atoms with Crippen LogP contribution in [0.1, 0.15) is 19.8 Å². The van der Waals surface area contributed by atoms with Crippen molar-refractivity contribution in [2.24, 2.45) is 5.92 Å². The quantitative estimate of drug-likeness (QED) is 0.862. The van der Waals surface area contributed by atoms with Crippen LogP contribution < -0.4 is 10.1 Å². The number of ether oxygens (including phenoxy) is 1. The highest BCUT2D eigenvalue weighted by Crippen LogP contribution is 2.12. The summed E-state index contributed by atoms with van der Waals surface area (Å²) in [6, 6.07) is 9.16. The molecule has 1 aliphatic rings. The Balaban J connectivity index is 1.71. The second kappa shape index (κ2) is 7.11. The summed E-state index contributed by atoms with van der Waals surface area (Å²) in [5.74, 6) is 0.543. The molecular weight excluding hydrogens is 268 g/mol. The molecule has 1 aromatic rings. The summed E-state index contributed by atoms with van der Waals surface area (Å²) >= 11 is 0. The molecule has 2 atom stereocenters. The van der Waals surface area contributed by atoms with Gasteiger partial charge in [-0.1, -0.05) is 25.1 Å². The van der Waals surface area contributed by atoms with Gasteiger partial charge in [0.05, 0.1) is 6.61 Å². The van der Waals surface area contributed by atoms with E-state index in [1.807, 2.05) is 37.3 Å². The highest BCUT2D eigenvalue weighted by atomic mass is 16.5. The molecule has 0 aromatic heterocycles. The minimum absolute atomic E-state index is 0.00362. The van der Waals surface area contributed by atoms with Gasteiger partial charge < -0.3 is 15.0 Å². The molecule has 1 aliphatic heterocycles. The van der Waals surface area contributed by atoms with Gasteiger partial charge in [-0.3, -0.25) is 9.59 Å². The second-order valence-corrected chi connectivity index (χ2v) is 5.46. The monoisotopic (exact) mass is 290 g/mol. The van der Waals surface area contributed by atoms with Crippen LogP contribution in [-0.2, 0) is 9.59 Å². The lowest BCUT2D eigenvalue weighted by Crippen LogP contribution is -2.43. The molecule has 1 fully saturated rings. The largest absolute Gasteiger partial charge is 0.494 e. The minimum Gasteiger partial charge on any atom is -0.494 e. The predicted molar refractivity (Wildman–Crippen MR) is 79.9 cm³/mol. The van der Waals surface area contributed by atoms with Crippen LogP contribution in [0.25, 0.3) is 0 Å². The van der Waals surface area contributed by atoms with Gasteiger partial charge in [-0.25, -0.2) is 0 Å². The fraction of sp³-hybridized carbons (Fsp3) is 0.500. The third kappa shape index (κ3) is 4.21. The molecule has 1 aromatic carbocycles. The van der Waals surface area contributed by atoms with Crippen molar-refractivity contribution in [2.75, 3.05) is 20.2 Å². The first-order valence-corrected chi connectivity index (χ1v) is 7.31. The molecule has 5 heteroatoms. The third-order valence-electron chi connectivity index (χ3n) is 3.75. The van der Waals surface area contributed by atoms with Crippen LogP contribution in [0.3, 0.4) is 0 Å². The van der Waals surface area contributed by atoms with Crippen molar-refractivity contribution in [1.29, 1.82) is 0 Å². The molecule has 5 nitrogen and oxygen atoms in total. The predicted octanol–water partition coefficient (Wildman–Crippen LogP) is 1.44. The Kier molecular flexibility index (Phi) is 5.20. The maximum absolute atomic E-state index is 12.1. The highest BCUT2D eigenvalue weighted by Gasteiger charge is 2.31. The van der Waals surface area contributed by atoms with Crippen LogP contribution in [-0.4, -0.2) is 43.0 Å². The molecule has 0 bridgehead atoms. The number of para-hydroxylation sites is 1. The smallest absolute Gasteiger partial charge is 0.244 e. The number of likely N-dealkylation sites (tertiary alicyclic amines) is 1. The van der Waals surface area contributed by atoms with Crippen LogP contribution in [0.15, 0.2) is 30.3 Å². The van der Waals surface area contributed by atoms with Crippen molar-refractivity contribution in [3.8, 4) is 5.75 Å². The fourth-order valence-corrected chi connectivity index (χ4v) is 2.27. The van der Waals surface area contributed by atoms with Crippen LogP contribution in [0, 0.1) is 5.92 Å². The molecule has 1 heterocycles. The molecule has 2 rings (SSSR count). The minimum atomic E-state index is -0.361. The normalized spacial score (nSPS) is 19.4. The van der Waals surface area contributed by atoms with E-state index in [2.05, 4.69) is 5.32 Å². The Hall–Kier alpha value is -2.04. The molecule has 1 saturated heterocycles. The lowest BCUT2D eigenvalue weighted by atomic mass is 10.1. The Labute approximate surface area is 125 Å². The van der Waals surface area contributed by atoms with Crippen molar-refractivity contribution in [2.45, 2.75) is 25.8 Å². The van der Waals surface area contributed by atoms with E-state index in [-0.39, 0.29) is 23.8 Å². The zero-order valence-electron chi connectivity index (χ0n) is 12.5. The first kappa shape index (κ1) is 15.4. The van der Waals surface area contributed by atoms with Crippen LogP contribution >= 0.6 is 0 Å². The van der Waals surface area contributed by atoms with Gasteiger partial charge in [0.1, 0.15) is 11.8 Å². The van der Waals surface area contributed by atoms with Gasteiger partial charge in [-0.05, 0) is 25.0 Å². The average Bonchev–Trinajstić information content (AvgIpc) is 2.80. The zero-order chi connectivity index (χ0) is 15.2. The summed E-state index contributed by atoms with van der Waals surface area (Å²) in [5, 5.41) is 2.82. The molecule has 1 N–H and O–H groups in total. The number of amides is 2. The third-order valence-corrected chi connectivity index (χ3v) is 3.75. The summed E-state index contributed by atoms with van der Waals surface area (Å²) in [7, 11) is 1.76. The van der Waals surface area contributed by atoms with E-state index in [0.717, 1.165) is 5.75 Å². The Morgan fingerprint density at radius 1 is 1.43 bits per heavy atom. The van der Waals surface area contributed by atoms with E-state index in [4.69, 9.17) is 4.74 Å². The zero-order valence-corrected chi connectivity index (χ0v) is 12.5. The van der Waals surface area contributed by atoms with Crippen molar-refractivity contribution in [1.82, 2.24) is 10.2 Å². The number of carbonyl (C=O) groups excluding carboxylic acids is 2. The van der Waals surface area contributed by atoms with E-state index in [0.29, 0.717) is 26.0 Å². The van der Waals surface area contributed by atoms with E-state index in [1.165, 1.54) is 0 Å². The summed E-state index contributed by atoms with van der Waals surface area (Å²) in [5.41, 5.74) is 0. The van der Waals surface area contributed by atoms with Crippen molar-refractivity contribution in [3.05, 3.63) is 30.3 Å². The maximum atomic E-state index is 12.1. The molecule has 0 saturated carbocycles. The molecule has 0 radical (unpaired) electrons. The van der Waals surface area contributed by atoms with Gasteiger partial charge >= 0.3 is 0 Å². The van der Waals surface area contributed by atoms with Crippen LogP contribution in [0.5, 0.6) is 5.75 Å². The molecular formula is C16H22N2O3. The lowest BCUT2D eigenvalue weighted by molar-refractivity contribution is -0.133. The van der Waals surface area contributed by atoms with Gasteiger partial charge in [0, 0.05) is 19.5 Å². The summed E-state index contributed by atoms with van der Waals surface area (Å²) in [4.78, 5) is 25.5. The molecule has 0 aliphatic carbocycles. The van der Waals surface area contributed by atoms with Crippen LogP contribution in [0.2, 0.25) is 0 Å². The van der Waals surface area contributed by atoms with E-state index < -0.39 is 0 Å². The fourth-order valence-electron chi connectivity index (χ4n) is 2.27. The number of nitrogens with zero attached hydrogens (tertiary/aromatic N) is 1. The van der Waals surface area contributed by atoms with Crippen LogP contribution in [0.4, 0.5) is 0 Å². The SMILES string of the molecule is C[C@@H](CCOc1ccccc1)C(=O)N[C@@H]1CCN(C)C1=O. The summed E-state index contributed by atoms with van der Waals surface area (Å²) in [6.07, 6.45) is 1.31. The standard InChI is InChI=1S/C16H22N2O3/c1-12(9-11-21-13-6-4-3-5-7-13)15(19)17-14-8-10-18(2)16(14)20/h3-7,12,14H,8-11H2,1-2H3,(H,17,19)/t12-,14+/m0/s1. The Morgan fingerprint density at radius 3 is 2.76 bits per heavy atom. The summed E-state index contributed by atoms with van der Waals surface area (Å²) < 4.78 is 5.58. The average molecular weight is 290 g/mol. The number of hydrogen-bond donors (Lipinski definition) is 1. The first-order valence-electron chi connectivity index (χ1n) is 7.31. The van der Waals surface area contributed by atoms with Gasteiger partial charge in [0.2, 0.25) is 11.8 Å². The number of benzene rings is 1. The summed E-state index contributed by atoms with van der Waals surface area (Å²) in [6.45, 7) is 3.04. The van der Waals surface area contributed by atoms with Gasteiger partial charge in [0.25, 0.3) is 0 Å². The topological polar surface area (TPSA) is 58.6 Å². The molecule has 114 valence electrons. The maximum Gasteiger partial charge on any atom is 0.244 e. The first-order chi connectivity index (χ1) is 10.1. The number of nitrogens with one attached hydrogen (secondary N) is 1. The highest BCUT2D eigenvalue weighted by molar-refractivity contribution is 5.89.